The second-order valence-corrected chi connectivity index (χ2v) is 25.1. The van der Waals surface area contributed by atoms with E-state index in [2.05, 4.69) is 47.5 Å². The molecule has 0 spiro atoms. The maximum Gasteiger partial charge on any atom is 0.245 e. The highest BCUT2D eigenvalue weighted by Gasteiger charge is 2.42. The van der Waals surface area contributed by atoms with E-state index in [4.69, 9.17) is 40.1 Å². The average Bonchev–Trinajstić information content (AvgIpc) is 1.74. The molecule has 2 heterocycles. The molecule has 2 saturated heterocycles. The van der Waals surface area contributed by atoms with Crippen molar-refractivity contribution in [2.45, 2.75) is 183 Å². The zero-order chi connectivity index (χ0) is 70.1. The first-order chi connectivity index (χ1) is 45.2. The summed E-state index contributed by atoms with van der Waals surface area (Å²) in [7, 11) is 0. The van der Waals surface area contributed by atoms with Gasteiger partial charge in [-0.1, -0.05) is 74.5 Å². The Morgan fingerprint density at radius 1 is 0.537 bits per heavy atom. The van der Waals surface area contributed by atoms with Crippen LogP contribution in [0, 0.1) is 5.92 Å². The predicted molar refractivity (Wildman–Crippen MR) is 356 cm³/mol. The van der Waals surface area contributed by atoms with Gasteiger partial charge in [0.1, 0.15) is 54.4 Å². The number of likely N-dealkylation sites (tertiary alicyclic amines) is 2. The van der Waals surface area contributed by atoms with Crippen LogP contribution in [0.3, 0.4) is 0 Å². The lowest BCUT2D eigenvalue weighted by atomic mass is 10.0. The van der Waals surface area contributed by atoms with Crippen molar-refractivity contribution < 1.29 is 62.3 Å². The minimum atomic E-state index is -1.64. The summed E-state index contributed by atoms with van der Waals surface area (Å²) in [5, 5.41) is 21.1. The van der Waals surface area contributed by atoms with Crippen LogP contribution >= 0.6 is 11.8 Å². The molecule has 2 aliphatic heterocycles. The van der Waals surface area contributed by atoms with Gasteiger partial charge in [-0.2, -0.15) is 11.8 Å². The van der Waals surface area contributed by atoms with Crippen LogP contribution in [0.2, 0.25) is 0 Å². The van der Waals surface area contributed by atoms with E-state index in [0.29, 0.717) is 55.4 Å². The van der Waals surface area contributed by atoms with E-state index in [1.807, 2.05) is 20.1 Å². The van der Waals surface area contributed by atoms with E-state index in [1.54, 1.807) is 60.7 Å². The highest BCUT2D eigenvalue weighted by Crippen LogP contribution is 2.24. The quantitative estimate of drug-likeness (QED) is 0.0173. The summed E-state index contributed by atoms with van der Waals surface area (Å²) in [6.45, 7) is 3.86. The summed E-state index contributed by atoms with van der Waals surface area (Å²) >= 11 is 1.45. The van der Waals surface area contributed by atoms with Gasteiger partial charge in [-0.15, -0.1) is 0 Å². The molecule has 0 bridgehead atoms. The SMILES string of the molecule is CSCC[C@H](NC(=O)[C@@H](CC(C)C)NC(=O)CNC(=O)[C@H](Cc1ccccc1)NC(=O)[C@H](Cc1ccccc1)NC(=O)[C@H](CCC(N)=O)NC(=O)[C@@H](CCC(N)=O)NC(=O)[C@H]1CCCN1C(=O)[C@@H](CCCCN)NC(=O)[C@@H]1CCCN1C(=O)[C@@H](N)CCCN=C(N)N)C(N)=O. The number of benzene rings is 2. The highest BCUT2D eigenvalue weighted by molar-refractivity contribution is 7.98. The van der Waals surface area contributed by atoms with Gasteiger partial charge in [0, 0.05) is 45.3 Å². The topological polar surface area (TPSA) is 519 Å². The van der Waals surface area contributed by atoms with Crippen LogP contribution in [0.1, 0.15) is 121 Å². The van der Waals surface area contributed by atoms with Crippen molar-refractivity contribution in [1.29, 1.82) is 0 Å². The Morgan fingerprint density at radius 3 is 1.51 bits per heavy atom. The monoisotopic (exact) mass is 1350 g/mol. The molecule has 524 valence electrons. The van der Waals surface area contributed by atoms with E-state index in [1.165, 1.54) is 21.6 Å². The Morgan fingerprint density at radius 2 is 1.01 bits per heavy atom. The largest absolute Gasteiger partial charge is 0.370 e. The van der Waals surface area contributed by atoms with E-state index >= 15 is 0 Å². The van der Waals surface area contributed by atoms with Crippen molar-refractivity contribution in [3.8, 4) is 0 Å². The molecule has 95 heavy (non-hydrogen) atoms. The number of aliphatic imine (C=N–C) groups is 1. The summed E-state index contributed by atoms with van der Waals surface area (Å²) in [4.78, 5) is 185. The predicted octanol–water partition coefficient (Wildman–Crippen LogP) is -3.71. The molecule has 0 unspecified atom stereocenters. The summed E-state index contributed by atoms with van der Waals surface area (Å²) in [5.41, 5.74) is 40.6. The zero-order valence-electron chi connectivity index (χ0n) is 54.5. The second kappa shape index (κ2) is 41.0. The van der Waals surface area contributed by atoms with Crippen molar-refractivity contribution in [3.63, 3.8) is 0 Å². The molecule has 2 fully saturated rings. The van der Waals surface area contributed by atoms with Crippen LogP contribution in [0.5, 0.6) is 0 Å². The molecule has 2 aliphatic rings. The lowest BCUT2D eigenvalue weighted by Gasteiger charge is -2.32. The molecule has 32 heteroatoms. The number of nitrogens with one attached hydrogen (secondary N) is 8. The third-order valence-electron chi connectivity index (χ3n) is 16.0. The first-order valence-electron chi connectivity index (χ1n) is 32.2. The van der Waals surface area contributed by atoms with Gasteiger partial charge in [0.05, 0.1) is 12.6 Å². The molecule has 31 nitrogen and oxygen atoms in total. The molecule has 10 atom stereocenters. The molecular weight excluding hydrogens is 1250 g/mol. The number of nitrogens with zero attached hydrogens (tertiary/aromatic N) is 3. The van der Waals surface area contributed by atoms with Gasteiger partial charge in [0.2, 0.25) is 76.8 Å². The fourth-order valence-corrected chi connectivity index (χ4v) is 11.5. The van der Waals surface area contributed by atoms with Crippen molar-refractivity contribution >= 4 is 94.5 Å². The van der Waals surface area contributed by atoms with E-state index in [-0.39, 0.29) is 83.0 Å². The van der Waals surface area contributed by atoms with Crippen LogP contribution in [-0.2, 0) is 75.2 Å². The molecule has 4 rings (SSSR count). The molecule has 2 aromatic rings. The molecule has 0 saturated carbocycles. The lowest BCUT2D eigenvalue weighted by Crippen LogP contribution is -2.60. The maximum absolute atomic E-state index is 14.7. The van der Waals surface area contributed by atoms with Gasteiger partial charge in [-0.3, -0.25) is 67.3 Å². The number of rotatable bonds is 42. The summed E-state index contributed by atoms with van der Waals surface area (Å²) in [5.74, 6) is -9.80. The minimum absolute atomic E-state index is 0.0736. The number of hydrogen-bond donors (Lipinski definition) is 15. The van der Waals surface area contributed by atoms with Gasteiger partial charge in [-0.25, -0.2) is 0 Å². The van der Waals surface area contributed by atoms with Gasteiger partial charge in [-0.05, 0) is 119 Å². The Bertz CT molecular complexity index is 2960. The third-order valence-corrected chi connectivity index (χ3v) is 16.7. The number of primary amides is 3. The first kappa shape index (κ1) is 78.5. The van der Waals surface area contributed by atoms with Crippen molar-refractivity contribution in [2.75, 3.05) is 44.7 Å². The first-order valence-corrected chi connectivity index (χ1v) is 33.6. The van der Waals surface area contributed by atoms with Crippen molar-refractivity contribution in [1.82, 2.24) is 52.3 Å². The minimum Gasteiger partial charge on any atom is -0.370 e. The number of amides is 13. The van der Waals surface area contributed by atoms with Crippen LogP contribution in [0.4, 0.5) is 0 Å². The molecule has 22 N–H and O–H groups in total. The number of unbranched alkanes of at least 4 members (excludes halogenated alkanes) is 1. The Labute approximate surface area is 558 Å². The van der Waals surface area contributed by atoms with Crippen molar-refractivity contribution in [2.24, 2.45) is 51.0 Å². The molecule has 2 aromatic carbocycles. The van der Waals surface area contributed by atoms with Crippen LogP contribution in [0.15, 0.2) is 65.7 Å². The summed E-state index contributed by atoms with van der Waals surface area (Å²) in [6.07, 6.45) is 3.12. The Kier molecular flexibility index (Phi) is 33.9. The van der Waals surface area contributed by atoms with Gasteiger partial charge in [0.15, 0.2) is 5.96 Å². The fourth-order valence-electron chi connectivity index (χ4n) is 11.0. The van der Waals surface area contributed by atoms with E-state index in [9.17, 15) is 62.3 Å². The number of hydrogen-bond acceptors (Lipinski definition) is 17. The molecular formula is C63H98N18O13S. The zero-order valence-corrected chi connectivity index (χ0v) is 55.3. The number of thioether (sulfide) groups is 1. The maximum atomic E-state index is 14.7. The number of carbonyl (C=O) groups excluding carboxylic acids is 13. The van der Waals surface area contributed by atoms with Gasteiger partial charge >= 0.3 is 0 Å². The number of guanidine groups is 1. The van der Waals surface area contributed by atoms with Crippen LogP contribution in [-0.4, -0.2) is 198 Å². The summed E-state index contributed by atoms with van der Waals surface area (Å²) < 4.78 is 0. The molecule has 13 amide bonds. The average molecular weight is 1350 g/mol. The standard InChI is InChI=1S/C63H98N18O13S/c1-37(2)33-45(57(89)74-41(53(68)85)27-32-95-3)73-52(84)36-72-54(86)46(34-38-15-6-4-7-16-38)78-58(90)47(35-39-17-8-5-9-18-39)79-56(88)42(23-25-50(66)82)75-55(87)43(24-26-51(67)83)76-59(91)49-22-14-31-81(49)62(94)44(20-10-11-28-64)77-60(92)48-21-13-30-80(48)61(93)40(65)19-12-29-71-63(69)70/h4-9,15-18,37,40-49H,10-14,19-36,64-65H2,1-3H3,(H2,66,82)(H2,67,83)(H2,68,85)(H,72,86)(H,73,84)(H,74,89)(H,75,87)(H,76,91)(H,77,92)(H,78,90)(H,79,88)(H4,69,70,71)/t40-,41-,42-,43+,44+,45+,46-,47-,48-,49+/m0/s1. The Hall–Kier alpha value is -8.91. The van der Waals surface area contributed by atoms with Crippen molar-refractivity contribution in [3.05, 3.63) is 71.8 Å². The second-order valence-electron chi connectivity index (χ2n) is 24.1. The smallest absolute Gasteiger partial charge is 0.245 e. The number of nitrogens with two attached hydrogens (primary N) is 7. The number of carbonyl (C=O) groups is 13. The Balaban J connectivity index is 1.56. The molecule has 0 aliphatic carbocycles. The van der Waals surface area contributed by atoms with Gasteiger partial charge < -0.3 is 92.5 Å². The lowest BCUT2D eigenvalue weighted by molar-refractivity contribution is -0.144. The molecule has 0 radical (unpaired) electrons. The fraction of sp³-hybridized carbons (Fsp3) is 0.587. The summed E-state index contributed by atoms with van der Waals surface area (Å²) in [6, 6.07) is 4.51. The van der Waals surface area contributed by atoms with E-state index < -0.39 is 169 Å². The van der Waals surface area contributed by atoms with Gasteiger partial charge in [0.25, 0.3) is 0 Å². The highest BCUT2D eigenvalue weighted by atomic mass is 32.2. The van der Waals surface area contributed by atoms with Crippen LogP contribution < -0.4 is 82.7 Å². The van der Waals surface area contributed by atoms with E-state index in [0.717, 1.165) is 0 Å². The third kappa shape index (κ3) is 27.5. The molecule has 0 aromatic heterocycles. The normalized spacial score (nSPS) is 16.8. The van der Waals surface area contributed by atoms with Crippen LogP contribution in [0.25, 0.3) is 0 Å².